The van der Waals surface area contributed by atoms with E-state index in [1.54, 1.807) is 10.6 Å². The summed E-state index contributed by atoms with van der Waals surface area (Å²) in [6.45, 7) is 3.25. The molecule has 1 aromatic carbocycles. The molecule has 1 fully saturated rings. The van der Waals surface area contributed by atoms with Gasteiger partial charge in [0.25, 0.3) is 0 Å². The molecule has 108 valence electrons. The third kappa shape index (κ3) is 2.39. The molecule has 1 aromatic heterocycles. The summed E-state index contributed by atoms with van der Waals surface area (Å²) in [6, 6.07) is 5.43. The van der Waals surface area contributed by atoms with Crippen molar-refractivity contribution in [1.82, 2.24) is 4.57 Å². The number of benzene rings is 1. The summed E-state index contributed by atoms with van der Waals surface area (Å²) in [6.07, 6.45) is 2.20. The number of hydrogen-bond donors (Lipinski definition) is 1. The second kappa shape index (κ2) is 5.42. The lowest BCUT2D eigenvalue weighted by Gasteiger charge is -2.15. The number of oxazole rings is 1. The minimum absolute atomic E-state index is 0.132. The molecule has 0 saturated carbocycles. The number of ether oxygens (including phenoxy) is 1. The van der Waals surface area contributed by atoms with Gasteiger partial charge in [-0.2, -0.15) is 0 Å². The van der Waals surface area contributed by atoms with Crippen molar-refractivity contribution < 1.29 is 14.3 Å². The van der Waals surface area contributed by atoms with E-state index in [0.717, 1.165) is 30.5 Å². The molecule has 2 heterocycles. The number of fused-ring (bicyclic) bond motifs is 1. The molecule has 1 aliphatic rings. The lowest BCUT2D eigenvalue weighted by molar-refractivity contribution is 0.0535. The third-order valence-electron chi connectivity index (χ3n) is 3.90. The summed E-state index contributed by atoms with van der Waals surface area (Å²) >= 11 is 0. The van der Waals surface area contributed by atoms with Crippen LogP contribution in [0.1, 0.15) is 37.9 Å². The Labute approximate surface area is 116 Å². The van der Waals surface area contributed by atoms with E-state index in [-0.39, 0.29) is 11.9 Å². The van der Waals surface area contributed by atoms with Crippen molar-refractivity contribution in [3.63, 3.8) is 0 Å². The lowest BCUT2D eigenvalue weighted by Crippen LogP contribution is -2.12. The van der Waals surface area contributed by atoms with E-state index in [4.69, 9.17) is 9.15 Å². The van der Waals surface area contributed by atoms with Crippen LogP contribution < -0.4 is 5.76 Å². The van der Waals surface area contributed by atoms with Gasteiger partial charge in [-0.3, -0.25) is 4.57 Å². The number of aliphatic hydroxyl groups is 1. The molecule has 20 heavy (non-hydrogen) atoms. The number of hydrogen-bond acceptors (Lipinski definition) is 4. The van der Waals surface area contributed by atoms with Gasteiger partial charge in [0.2, 0.25) is 0 Å². The molecular weight excluding hydrogens is 258 g/mol. The van der Waals surface area contributed by atoms with Crippen LogP contribution in [0.25, 0.3) is 11.1 Å². The van der Waals surface area contributed by atoms with Gasteiger partial charge in [-0.05, 0) is 37.5 Å². The summed E-state index contributed by atoms with van der Waals surface area (Å²) in [5.41, 5.74) is 2.07. The Balaban J connectivity index is 1.86. The largest absolute Gasteiger partial charge is 0.419 e. The van der Waals surface area contributed by atoms with Gasteiger partial charge >= 0.3 is 5.76 Å². The Morgan fingerprint density at radius 3 is 3.05 bits per heavy atom. The first-order chi connectivity index (χ1) is 9.69. The van der Waals surface area contributed by atoms with Gasteiger partial charge in [0.1, 0.15) is 0 Å². The molecule has 1 aliphatic heterocycles. The Morgan fingerprint density at radius 1 is 1.50 bits per heavy atom. The molecule has 5 heteroatoms. The second-order valence-electron chi connectivity index (χ2n) is 5.23. The minimum atomic E-state index is -0.585. The number of nitrogens with zero attached hydrogens (tertiary/aromatic N) is 1. The van der Waals surface area contributed by atoms with E-state index >= 15 is 0 Å². The van der Waals surface area contributed by atoms with Crippen LogP contribution in [-0.2, 0) is 11.3 Å². The first-order valence-corrected chi connectivity index (χ1v) is 7.12. The van der Waals surface area contributed by atoms with Crippen LogP contribution in [-0.4, -0.2) is 22.4 Å². The highest BCUT2D eigenvalue weighted by Gasteiger charge is 2.21. The standard InChI is InChI=1S/C15H19NO4/c1-2-16-12-6-5-10(8-14(12)20-15(16)18)13(17)9-11-4-3-7-19-11/h5-6,8,11,13,17H,2-4,7,9H2,1H3. The van der Waals surface area contributed by atoms with Gasteiger partial charge in [-0.15, -0.1) is 0 Å². The van der Waals surface area contributed by atoms with Crippen LogP contribution in [0, 0.1) is 0 Å². The quantitative estimate of drug-likeness (QED) is 0.930. The fourth-order valence-corrected chi connectivity index (χ4v) is 2.81. The first-order valence-electron chi connectivity index (χ1n) is 7.12. The number of aliphatic hydroxyl groups excluding tert-OH is 1. The summed E-state index contributed by atoms with van der Waals surface area (Å²) < 4.78 is 12.3. The van der Waals surface area contributed by atoms with E-state index in [9.17, 15) is 9.90 Å². The van der Waals surface area contributed by atoms with E-state index in [0.29, 0.717) is 18.5 Å². The van der Waals surface area contributed by atoms with E-state index in [2.05, 4.69) is 0 Å². The van der Waals surface area contributed by atoms with Crippen molar-refractivity contribution in [2.24, 2.45) is 0 Å². The second-order valence-corrected chi connectivity index (χ2v) is 5.23. The molecule has 0 spiro atoms. The molecule has 0 bridgehead atoms. The van der Waals surface area contributed by atoms with Gasteiger partial charge in [0.15, 0.2) is 5.58 Å². The predicted molar refractivity (Wildman–Crippen MR) is 74.7 cm³/mol. The first kappa shape index (κ1) is 13.4. The van der Waals surface area contributed by atoms with Crippen molar-refractivity contribution in [3.05, 3.63) is 34.3 Å². The van der Waals surface area contributed by atoms with Crippen molar-refractivity contribution in [2.75, 3.05) is 6.61 Å². The van der Waals surface area contributed by atoms with Gasteiger partial charge < -0.3 is 14.3 Å². The molecule has 2 aromatic rings. The lowest BCUT2D eigenvalue weighted by atomic mass is 10.0. The van der Waals surface area contributed by atoms with E-state index in [1.807, 2.05) is 19.1 Å². The van der Waals surface area contributed by atoms with Gasteiger partial charge in [-0.1, -0.05) is 6.07 Å². The molecule has 1 N–H and O–H groups in total. The predicted octanol–water partition coefficient (Wildman–Crippen LogP) is 2.22. The zero-order valence-corrected chi connectivity index (χ0v) is 11.5. The topological polar surface area (TPSA) is 64.6 Å². The van der Waals surface area contributed by atoms with Crippen molar-refractivity contribution in [1.29, 1.82) is 0 Å². The number of aryl methyl sites for hydroxylation is 1. The smallest absolute Gasteiger partial charge is 0.408 e. The maximum absolute atomic E-state index is 11.6. The maximum Gasteiger partial charge on any atom is 0.419 e. The Kier molecular flexibility index (Phi) is 3.63. The summed E-state index contributed by atoms with van der Waals surface area (Å²) in [5.74, 6) is -0.353. The van der Waals surface area contributed by atoms with Crippen LogP contribution >= 0.6 is 0 Å². The Morgan fingerprint density at radius 2 is 2.35 bits per heavy atom. The summed E-state index contributed by atoms with van der Waals surface area (Å²) in [5, 5.41) is 10.3. The van der Waals surface area contributed by atoms with Gasteiger partial charge in [0.05, 0.1) is 17.7 Å². The van der Waals surface area contributed by atoms with Crippen LogP contribution in [0.2, 0.25) is 0 Å². The molecule has 0 amide bonds. The summed E-state index contributed by atoms with van der Waals surface area (Å²) in [7, 11) is 0. The molecular formula is C15H19NO4. The molecule has 3 rings (SSSR count). The van der Waals surface area contributed by atoms with Crippen LogP contribution in [0.3, 0.4) is 0 Å². The minimum Gasteiger partial charge on any atom is -0.408 e. The van der Waals surface area contributed by atoms with Crippen LogP contribution in [0.5, 0.6) is 0 Å². The Hall–Kier alpha value is -1.59. The van der Waals surface area contributed by atoms with Crippen LogP contribution in [0.4, 0.5) is 0 Å². The highest BCUT2D eigenvalue weighted by molar-refractivity contribution is 5.73. The maximum atomic E-state index is 11.6. The highest BCUT2D eigenvalue weighted by Crippen LogP contribution is 2.27. The molecule has 1 saturated heterocycles. The third-order valence-corrected chi connectivity index (χ3v) is 3.90. The number of aromatic nitrogens is 1. The van der Waals surface area contributed by atoms with Gasteiger partial charge in [0, 0.05) is 19.6 Å². The SMILES string of the molecule is CCn1c(=O)oc2cc(C(O)CC3CCCO3)ccc21. The number of rotatable bonds is 4. The molecule has 2 unspecified atom stereocenters. The zero-order chi connectivity index (χ0) is 14.1. The fourth-order valence-electron chi connectivity index (χ4n) is 2.81. The van der Waals surface area contributed by atoms with Crippen LogP contribution in [0.15, 0.2) is 27.4 Å². The average Bonchev–Trinajstić information content (AvgIpc) is 3.04. The normalized spacial score (nSPS) is 20.6. The van der Waals surface area contributed by atoms with E-state index in [1.165, 1.54) is 0 Å². The van der Waals surface area contributed by atoms with Crippen molar-refractivity contribution in [3.8, 4) is 0 Å². The van der Waals surface area contributed by atoms with Crippen molar-refractivity contribution >= 4 is 11.1 Å². The molecule has 5 nitrogen and oxygen atoms in total. The van der Waals surface area contributed by atoms with Gasteiger partial charge in [-0.25, -0.2) is 4.79 Å². The Bertz CT molecular complexity index is 651. The summed E-state index contributed by atoms with van der Waals surface area (Å²) in [4.78, 5) is 11.6. The fraction of sp³-hybridized carbons (Fsp3) is 0.533. The van der Waals surface area contributed by atoms with E-state index < -0.39 is 6.10 Å². The monoisotopic (exact) mass is 277 g/mol. The van der Waals surface area contributed by atoms with Crippen molar-refractivity contribution in [2.45, 2.75) is 44.9 Å². The zero-order valence-electron chi connectivity index (χ0n) is 11.5. The average molecular weight is 277 g/mol. The molecule has 0 radical (unpaired) electrons. The highest BCUT2D eigenvalue weighted by atomic mass is 16.5. The molecule has 2 atom stereocenters. The molecule has 0 aliphatic carbocycles.